The van der Waals surface area contributed by atoms with Gasteiger partial charge in [-0.1, -0.05) is 106 Å². The van der Waals surface area contributed by atoms with E-state index in [0.717, 1.165) is 77.5 Å². The van der Waals surface area contributed by atoms with Crippen molar-refractivity contribution >= 4 is 11.1 Å². The molecule has 0 bridgehead atoms. The van der Waals surface area contributed by atoms with Gasteiger partial charge in [0.2, 0.25) is 0 Å². The Morgan fingerprint density at radius 2 is 1.36 bits per heavy atom. The van der Waals surface area contributed by atoms with E-state index in [1.54, 1.807) is 0 Å². The molecular formula is C43H64N4O3. The highest BCUT2D eigenvalue weighted by atomic mass is 16.5. The first-order valence-electron chi connectivity index (χ1n) is 19.4. The summed E-state index contributed by atoms with van der Waals surface area (Å²) in [7, 11) is 0. The molecule has 3 N–H and O–H groups in total. The van der Waals surface area contributed by atoms with Crippen LogP contribution in [0.25, 0.3) is 11.1 Å². The van der Waals surface area contributed by atoms with E-state index >= 15 is 0 Å². The van der Waals surface area contributed by atoms with Gasteiger partial charge < -0.3 is 30.1 Å². The van der Waals surface area contributed by atoms with Crippen LogP contribution in [-0.4, -0.2) is 106 Å². The summed E-state index contributed by atoms with van der Waals surface area (Å²) in [6, 6.07) is 30.0. The fraction of sp³-hybridized carbons (Fsp3) is 0.535. The van der Waals surface area contributed by atoms with E-state index in [-0.39, 0.29) is 0 Å². The lowest BCUT2D eigenvalue weighted by molar-refractivity contribution is 0.0161. The molecule has 0 amide bonds. The zero-order chi connectivity index (χ0) is 35.1. The second-order valence-corrected chi connectivity index (χ2v) is 13.4. The van der Waals surface area contributed by atoms with E-state index in [4.69, 9.17) is 9.47 Å². The Morgan fingerprint density at radius 3 is 2.08 bits per heavy atom. The molecule has 1 atom stereocenters. The quantitative estimate of drug-likeness (QED) is 0.105. The normalized spacial score (nSPS) is 16.8. The van der Waals surface area contributed by atoms with Crippen molar-refractivity contribution < 1.29 is 14.6 Å². The van der Waals surface area contributed by atoms with E-state index in [0.29, 0.717) is 26.4 Å². The first-order chi connectivity index (χ1) is 24.7. The van der Waals surface area contributed by atoms with Crippen LogP contribution in [0.15, 0.2) is 84.9 Å². The van der Waals surface area contributed by atoms with Gasteiger partial charge >= 0.3 is 0 Å². The number of aliphatic hydroxyl groups excluding tert-OH is 1. The Morgan fingerprint density at radius 1 is 0.720 bits per heavy atom. The lowest BCUT2D eigenvalue weighted by Crippen LogP contribution is -2.40. The zero-order valence-electron chi connectivity index (χ0n) is 31.0. The minimum atomic E-state index is -0.493. The summed E-state index contributed by atoms with van der Waals surface area (Å²) in [6.07, 6.45) is 7.52. The Kier molecular flexibility index (Phi) is 19.2. The van der Waals surface area contributed by atoms with Gasteiger partial charge in [0.1, 0.15) is 12.4 Å². The second kappa shape index (κ2) is 24.2. The molecule has 4 rings (SSSR count). The molecule has 0 radical (unpaired) electrons. The molecule has 1 saturated heterocycles. The molecule has 274 valence electrons. The van der Waals surface area contributed by atoms with E-state index < -0.39 is 6.10 Å². The largest absolute Gasteiger partial charge is 0.492 e. The number of nitrogens with zero attached hydrogens (tertiary/aromatic N) is 2. The maximum atomic E-state index is 11.0. The number of β-amino-alcohol motifs (C(OH)–C–C–N with tert-alkyl or cyclic N) is 1. The number of allylic oxidation sites excluding steroid dienone is 1. The first kappa shape index (κ1) is 39.7. The predicted molar refractivity (Wildman–Crippen MR) is 210 cm³/mol. The highest BCUT2D eigenvalue weighted by Crippen LogP contribution is 2.35. The fourth-order valence-corrected chi connectivity index (χ4v) is 6.72. The second-order valence-electron chi connectivity index (χ2n) is 13.4. The van der Waals surface area contributed by atoms with Gasteiger partial charge in [-0.15, -0.1) is 0 Å². The Bertz CT molecular complexity index is 1300. The van der Waals surface area contributed by atoms with Crippen molar-refractivity contribution in [2.24, 2.45) is 0 Å². The molecule has 1 unspecified atom stereocenters. The van der Waals surface area contributed by atoms with Gasteiger partial charge in [0.05, 0.1) is 12.7 Å². The summed E-state index contributed by atoms with van der Waals surface area (Å²) in [5, 5.41) is 18.0. The minimum Gasteiger partial charge on any atom is -0.492 e. The first-order valence-corrected chi connectivity index (χ1v) is 19.4. The van der Waals surface area contributed by atoms with Crippen molar-refractivity contribution in [3.8, 4) is 5.75 Å². The average Bonchev–Trinajstić information content (AvgIpc) is 3.15. The van der Waals surface area contributed by atoms with Crippen molar-refractivity contribution in [2.45, 2.75) is 64.9 Å². The molecule has 0 aromatic heterocycles. The molecule has 0 aliphatic carbocycles. The molecule has 1 heterocycles. The summed E-state index contributed by atoms with van der Waals surface area (Å²) < 4.78 is 12.2. The topological polar surface area (TPSA) is 69.2 Å². The van der Waals surface area contributed by atoms with Gasteiger partial charge in [-0.3, -0.25) is 4.90 Å². The smallest absolute Gasteiger partial charge is 0.119 e. The zero-order valence-corrected chi connectivity index (χ0v) is 31.0. The fourth-order valence-electron chi connectivity index (χ4n) is 6.72. The van der Waals surface area contributed by atoms with Crippen molar-refractivity contribution in [3.05, 3.63) is 102 Å². The third-order valence-electron chi connectivity index (χ3n) is 9.61. The summed E-state index contributed by atoms with van der Waals surface area (Å²) >= 11 is 0. The predicted octanol–water partition coefficient (Wildman–Crippen LogP) is 6.97. The molecule has 3 aromatic carbocycles. The molecule has 7 heteroatoms. The minimum absolute atomic E-state index is 0.361. The van der Waals surface area contributed by atoms with Crippen LogP contribution >= 0.6 is 0 Å². The number of hydrogen-bond acceptors (Lipinski definition) is 7. The van der Waals surface area contributed by atoms with Crippen LogP contribution in [0.3, 0.4) is 0 Å². The molecule has 50 heavy (non-hydrogen) atoms. The summed E-state index contributed by atoms with van der Waals surface area (Å²) in [4.78, 5) is 4.78. The highest BCUT2D eigenvalue weighted by molar-refractivity contribution is 5.98. The van der Waals surface area contributed by atoms with E-state index in [1.165, 1.54) is 59.9 Å². The van der Waals surface area contributed by atoms with Crippen LogP contribution < -0.4 is 15.4 Å². The maximum absolute atomic E-state index is 11.0. The Labute approximate surface area is 303 Å². The standard InChI is InChI=1S/C43H64N4O3/c1-3-46(4-2)32-34-50-41-24-22-39(23-25-41)43(38-19-12-9-13-20-38)42(37-17-10-8-11-18-37)21-16-33-49-36-40(48)35-47-30-15-7-5-6-14-26-44-27-28-45-29-31-47/h8-13,17-20,22-25,40,44-45,48H,3-7,14-16,21,26-36H2,1-2H3/b43-42-. The SMILES string of the molecule is CCN(CC)CCOc1ccc(/C(=C(/CCCOCC(O)CN2CCCCCCCNCCNCC2)c2ccccc2)c2ccccc2)cc1. The summed E-state index contributed by atoms with van der Waals surface area (Å²) in [6.45, 7) is 15.7. The third kappa shape index (κ3) is 14.7. The Balaban J connectivity index is 1.38. The van der Waals surface area contributed by atoms with Crippen LogP contribution in [0.2, 0.25) is 0 Å². The highest BCUT2D eigenvalue weighted by Gasteiger charge is 2.16. The number of benzene rings is 3. The van der Waals surface area contributed by atoms with Crippen molar-refractivity contribution in [2.75, 3.05) is 85.3 Å². The monoisotopic (exact) mass is 684 g/mol. The maximum Gasteiger partial charge on any atom is 0.119 e. The van der Waals surface area contributed by atoms with E-state index in [9.17, 15) is 5.11 Å². The molecular weight excluding hydrogens is 620 g/mol. The lowest BCUT2D eigenvalue weighted by Gasteiger charge is -2.25. The van der Waals surface area contributed by atoms with Gasteiger partial charge in [0.15, 0.2) is 0 Å². The van der Waals surface area contributed by atoms with Gasteiger partial charge in [-0.2, -0.15) is 0 Å². The number of aliphatic hydroxyl groups is 1. The van der Waals surface area contributed by atoms with Crippen LogP contribution in [0.4, 0.5) is 0 Å². The van der Waals surface area contributed by atoms with Gasteiger partial charge in [-0.05, 0) is 91.8 Å². The van der Waals surface area contributed by atoms with E-state index in [1.807, 2.05) is 0 Å². The molecule has 3 aromatic rings. The number of ether oxygens (including phenoxy) is 2. The van der Waals surface area contributed by atoms with Gasteiger partial charge in [-0.25, -0.2) is 0 Å². The molecule has 1 aliphatic heterocycles. The van der Waals surface area contributed by atoms with Crippen LogP contribution in [0.5, 0.6) is 5.75 Å². The Hall–Kier alpha value is -3.04. The lowest BCUT2D eigenvalue weighted by atomic mass is 9.87. The summed E-state index contributed by atoms with van der Waals surface area (Å²) in [5.41, 5.74) is 6.12. The van der Waals surface area contributed by atoms with Gasteiger partial charge in [0, 0.05) is 45.9 Å². The van der Waals surface area contributed by atoms with Crippen LogP contribution in [0, 0.1) is 0 Å². The third-order valence-corrected chi connectivity index (χ3v) is 9.61. The van der Waals surface area contributed by atoms with Crippen LogP contribution in [0.1, 0.15) is 75.5 Å². The van der Waals surface area contributed by atoms with Crippen LogP contribution in [-0.2, 0) is 4.74 Å². The molecule has 0 spiro atoms. The van der Waals surface area contributed by atoms with Crippen molar-refractivity contribution in [3.63, 3.8) is 0 Å². The molecule has 7 nitrogen and oxygen atoms in total. The number of likely N-dealkylation sites (N-methyl/N-ethyl adjacent to an activating group) is 1. The molecule has 1 aliphatic rings. The van der Waals surface area contributed by atoms with E-state index in [2.05, 4.69) is 119 Å². The van der Waals surface area contributed by atoms with Gasteiger partial charge in [0.25, 0.3) is 0 Å². The number of rotatable bonds is 17. The number of nitrogens with one attached hydrogen (secondary N) is 2. The number of hydrogen-bond donors (Lipinski definition) is 3. The van der Waals surface area contributed by atoms with Crippen molar-refractivity contribution in [1.82, 2.24) is 20.4 Å². The summed E-state index contributed by atoms with van der Waals surface area (Å²) in [5.74, 6) is 0.897. The molecule has 0 saturated carbocycles. The molecule has 1 fully saturated rings. The average molecular weight is 685 g/mol. The van der Waals surface area contributed by atoms with Crippen molar-refractivity contribution in [1.29, 1.82) is 0 Å².